The summed E-state index contributed by atoms with van der Waals surface area (Å²) in [5.41, 5.74) is 4.32. The Kier molecular flexibility index (Phi) is 5.45. The predicted octanol–water partition coefficient (Wildman–Crippen LogP) is 4.80. The Bertz CT molecular complexity index is 908. The molecule has 30 heavy (non-hydrogen) atoms. The Hall–Kier alpha value is -2.96. The van der Waals surface area contributed by atoms with Gasteiger partial charge in [0.25, 0.3) is 0 Å². The van der Waals surface area contributed by atoms with E-state index < -0.39 is 24.0 Å². The van der Waals surface area contributed by atoms with Gasteiger partial charge in [-0.05, 0) is 41.0 Å². The summed E-state index contributed by atoms with van der Waals surface area (Å²) in [6.45, 7) is 0.0844. The first-order chi connectivity index (χ1) is 14.3. The lowest BCUT2D eigenvalue weighted by molar-refractivity contribution is -0.140. The van der Waals surface area contributed by atoms with Gasteiger partial charge in [-0.2, -0.15) is 0 Å². The maximum Gasteiger partial charge on any atom is 0.407 e. The molecule has 4 rings (SSSR count). The average Bonchev–Trinajstić information content (AvgIpc) is 3.01. The van der Waals surface area contributed by atoms with E-state index in [9.17, 15) is 23.5 Å². The van der Waals surface area contributed by atoms with Crippen LogP contribution in [0.25, 0.3) is 11.1 Å². The van der Waals surface area contributed by atoms with E-state index in [1.807, 2.05) is 48.5 Å². The Morgan fingerprint density at radius 3 is 2.17 bits per heavy atom. The number of carbonyl (C=O) groups excluding carboxylic acids is 1. The summed E-state index contributed by atoms with van der Waals surface area (Å²) in [4.78, 5) is 23.7. The van der Waals surface area contributed by atoms with E-state index in [1.165, 1.54) is 0 Å². The fourth-order valence-electron chi connectivity index (χ4n) is 4.43. The molecule has 7 heteroatoms. The molecule has 0 bridgehead atoms. The number of rotatable bonds is 7. The van der Waals surface area contributed by atoms with Crippen LogP contribution in [0.5, 0.6) is 0 Å². The molecular weight excluding hydrogens is 392 g/mol. The second-order valence-corrected chi connectivity index (χ2v) is 8.07. The highest BCUT2D eigenvalue weighted by Crippen LogP contribution is 2.45. The lowest BCUT2D eigenvalue weighted by Crippen LogP contribution is -2.43. The second-order valence-electron chi connectivity index (χ2n) is 8.07. The maximum atomic E-state index is 12.9. The van der Waals surface area contributed by atoms with Gasteiger partial charge in [0.2, 0.25) is 5.92 Å². The fraction of sp³-hybridized carbons (Fsp3) is 0.391. The molecule has 158 valence electrons. The van der Waals surface area contributed by atoms with Crippen molar-refractivity contribution in [3.8, 4) is 11.1 Å². The number of benzene rings is 2. The summed E-state index contributed by atoms with van der Waals surface area (Å²) < 4.78 is 31.2. The molecule has 0 unspecified atom stereocenters. The third-order valence-electron chi connectivity index (χ3n) is 5.97. The summed E-state index contributed by atoms with van der Waals surface area (Å²) in [6, 6.07) is 14.7. The standard InChI is InChI=1S/C23H23F2NO4/c24-23(25)11-14(12-23)9-10-20(21(27)28)26-22(29)30-13-19-17-7-3-1-5-15(17)16-6-2-4-8-18(16)19/h1-8,14,19-20H,9-13H2,(H,26,29)(H,27,28)/t20-/m0/s1. The second kappa shape index (κ2) is 8.05. The van der Waals surface area contributed by atoms with Gasteiger partial charge in [0.1, 0.15) is 12.6 Å². The van der Waals surface area contributed by atoms with Crippen molar-refractivity contribution in [1.29, 1.82) is 0 Å². The normalized spacial score (nSPS) is 18.1. The van der Waals surface area contributed by atoms with E-state index in [2.05, 4.69) is 5.32 Å². The summed E-state index contributed by atoms with van der Waals surface area (Å²) >= 11 is 0. The van der Waals surface area contributed by atoms with Gasteiger partial charge < -0.3 is 15.2 Å². The summed E-state index contributed by atoms with van der Waals surface area (Å²) in [6.07, 6.45) is -0.825. The first-order valence-corrected chi connectivity index (χ1v) is 10.1. The molecule has 5 nitrogen and oxygen atoms in total. The molecule has 1 atom stereocenters. The Morgan fingerprint density at radius 2 is 1.63 bits per heavy atom. The zero-order valence-corrected chi connectivity index (χ0v) is 16.3. The minimum Gasteiger partial charge on any atom is -0.480 e. The van der Waals surface area contributed by atoms with Crippen LogP contribution in [0, 0.1) is 5.92 Å². The van der Waals surface area contributed by atoms with Gasteiger partial charge in [0, 0.05) is 18.8 Å². The molecule has 1 saturated carbocycles. The number of aliphatic carboxylic acids is 1. The van der Waals surface area contributed by atoms with Gasteiger partial charge in [-0.3, -0.25) is 0 Å². The number of alkyl halides is 2. The number of halogens is 2. The first-order valence-electron chi connectivity index (χ1n) is 10.1. The smallest absolute Gasteiger partial charge is 0.407 e. The maximum absolute atomic E-state index is 12.9. The molecule has 1 amide bonds. The number of carboxylic acid groups (broad SMARTS) is 1. The molecule has 2 aliphatic rings. The number of hydrogen-bond donors (Lipinski definition) is 2. The molecule has 2 N–H and O–H groups in total. The van der Waals surface area contributed by atoms with Crippen LogP contribution in [-0.2, 0) is 9.53 Å². The van der Waals surface area contributed by atoms with Crippen molar-refractivity contribution in [3.05, 3.63) is 59.7 Å². The molecule has 2 aromatic carbocycles. The van der Waals surface area contributed by atoms with Crippen LogP contribution in [-0.4, -0.2) is 35.7 Å². The number of hydrogen-bond acceptors (Lipinski definition) is 3. The molecule has 0 aromatic heterocycles. The molecule has 2 aromatic rings. The Balaban J connectivity index is 1.34. The van der Waals surface area contributed by atoms with Crippen LogP contribution in [0.2, 0.25) is 0 Å². The largest absolute Gasteiger partial charge is 0.480 e. The van der Waals surface area contributed by atoms with Gasteiger partial charge >= 0.3 is 12.1 Å². The Labute approximate surface area is 173 Å². The van der Waals surface area contributed by atoms with Gasteiger partial charge in [-0.15, -0.1) is 0 Å². The molecule has 0 radical (unpaired) electrons. The van der Waals surface area contributed by atoms with Crippen molar-refractivity contribution in [1.82, 2.24) is 5.32 Å². The number of carboxylic acids is 1. The van der Waals surface area contributed by atoms with Crippen LogP contribution < -0.4 is 5.32 Å². The monoisotopic (exact) mass is 415 g/mol. The molecule has 0 saturated heterocycles. The van der Waals surface area contributed by atoms with Crippen molar-refractivity contribution in [2.45, 2.75) is 43.6 Å². The highest BCUT2D eigenvalue weighted by Gasteiger charge is 2.45. The van der Waals surface area contributed by atoms with E-state index >= 15 is 0 Å². The number of ether oxygens (including phenoxy) is 1. The average molecular weight is 415 g/mol. The minimum atomic E-state index is -2.64. The summed E-state index contributed by atoms with van der Waals surface area (Å²) in [5, 5.41) is 11.7. The molecule has 1 fully saturated rings. The van der Waals surface area contributed by atoms with Crippen molar-refractivity contribution >= 4 is 12.1 Å². The molecule has 0 aliphatic heterocycles. The zero-order valence-electron chi connectivity index (χ0n) is 16.3. The molecule has 2 aliphatic carbocycles. The third kappa shape index (κ3) is 4.15. The van der Waals surface area contributed by atoms with Crippen molar-refractivity contribution in [2.75, 3.05) is 6.61 Å². The number of carbonyl (C=O) groups is 2. The zero-order chi connectivity index (χ0) is 21.3. The molecule has 0 heterocycles. The Morgan fingerprint density at radius 1 is 1.07 bits per heavy atom. The molecule has 0 spiro atoms. The highest BCUT2D eigenvalue weighted by atomic mass is 19.3. The lowest BCUT2D eigenvalue weighted by atomic mass is 9.78. The van der Waals surface area contributed by atoms with Crippen LogP contribution in [0.3, 0.4) is 0 Å². The number of fused-ring (bicyclic) bond motifs is 3. The van der Waals surface area contributed by atoms with E-state index in [-0.39, 0.29) is 37.7 Å². The molecular formula is C23H23F2NO4. The first kappa shape index (κ1) is 20.3. The lowest BCUT2D eigenvalue weighted by Gasteiger charge is -2.35. The van der Waals surface area contributed by atoms with Gasteiger partial charge in [0.05, 0.1) is 0 Å². The van der Waals surface area contributed by atoms with E-state index in [4.69, 9.17) is 4.74 Å². The van der Waals surface area contributed by atoms with E-state index in [0.717, 1.165) is 22.3 Å². The van der Waals surface area contributed by atoms with E-state index in [1.54, 1.807) is 0 Å². The number of alkyl carbamates (subject to hydrolysis) is 1. The van der Waals surface area contributed by atoms with Crippen LogP contribution in [0.15, 0.2) is 48.5 Å². The van der Waals surface area contributed by atoms with Crippen LogP contribution in [0.4, 0.5) is 13.6 Å². The summed E-state index contributed by atoms with van der Waals surface area (Å²) in [7, 11) is 0. The quantitative estimate of drug-likeness (QED) is 0.681. The van der Waals surface area contributed by atoms with E-state index in [0.29, 0.717) is 6.42 Å². The number of nitrogens with one attached hydrogen (secondary N) is 1. The van der Waals surface area contributed by atoms with Crippen molar-refractivity contribution in [2.24, 2.45) is 5.92 Å². The SMILES string of the molecule is O=C(N[C@@H](CCC1CC(F)(F)C1)C(=O)O)OCC1c2ccccc2-c2ccccc21. The minimum absolute atomic E-state index is 0.0844. The summed E-state index contributed by atoms with van der Waals surface area (Å²) in [5.74, 6) is -4.16. The van der Waals surface area contributed by atoms with Crippen molar-refractivity contribution < 1.29 is 28.2 Å². The van der Waals surface area contributed by atoms with Gasteiger partial charge in [-0.1, -0.05) is 48.5 Å². The highest BCUT2D eigenvalue weighted by molar-refractivity contribution is 5.81. The third-order valence-corrected chi connectivity index (χ3v) is 5.97. The van der Waals surface area contributed by atoms with Gasteiger partial charge in [0.15, 0.2) is 0 Å². The topological polar surface area (TPSA) is 75.6 Å². The number of amides is 1. The van der Waals surface area contributed by atoms with Gasteiger partial charge in [-0.25, -0.2) is 18.4 Å². The predicted molar refractivity (Wildman–Crippen MR) is 107 cm³/mol. The van der Waals surface area contributed by atoms with Crippen LogP contribution >= 0.6 is 0 Å². The van der Waals surface area contributed by atoms with Crippen molar-refractivity contribution in [3.63, 3.8) is 0 Å². The van der Waals surface area contributed by atoms with Crippen LogP contribution in [0.1, 0.15) is 42.7 Å². The fourth-order valence-corrected chi connectivity index (χ4v) is 4.43.